The second-order valence-corrected chi connectivity index (χ2v) is 13.4. The summed E-state index contributed by atoms with van der Waals surface area (Å²) in [7, 11) is 0. The van der Waals surface area contributed by atoms with Crippen LogP contribution in [0.1, 0.15) is 58.1 Å². The van der Waals surface area contributed by atoms with Crippen LogP contribution in [0.15, 0.2) is 23.0 Å². The van der Waals surface area contributed by atoms with E-state index in [-0.39, 0.29) is 35.6 Å². The molecule has 5 rings (SSSR count). The smallest absolute Gasteiger partial charge is 0.417 e. The lowest BCUT2D eigenvalue weighted by atomic mass is 10.1. The van der Waals surface area contributed by atoms with Gasteiger partial charge in [-0.3, -0.25) is 9.59 Å². The molecule has 17 heteroatoms. The third kappa shape index (κ3) is 7.42. The second kappa shape index (κ2) is 13.6. The summed E-state index contributed by atoms with van der Waals surface area (Å²) in [5.74, 6) is -0.239. The third-order valence-electron chi connectivity index (χ3n) is 7.92. The Morgan fingerprint density at radius 3 is 2.48 bits per heavy atom. The Morgan fingerprint density at radius 2 is 1.88 bits per heavy atom. The number of fused-ring (bicyclic) bond motifs is 1. The second-order valence-electron chi connectivity index (χ2n) is 12.6. The Hall–Kier alpha value is -3.82. The highest BCUT2D eigenvalue weighted by Gasteiger charge is 2.36. The summed E-state index contributed by atoms with van der Waals surface area (Å²) in [5.41, 5.74) is -0.809. The molecule has 3 aromatic rings. The molecule has 0 saturated carbocycles. The monoisotopic (exact) mass is 713 g/mol. The molecule has 0 bridgehead atoms. The van der Waals surface area contributed by atoms with E-state index < -0.39 is 39.9 Å². The van der Waals surface area contributed by atoms with Crippen molar-refractivity contribution < 1.29 is 32.2 Å². The number of aromatic nitrogens is 4. The summed E-state index contributed by atoms with van der Waals surface area (Å²) in [4.78, 5) is 48.7. The molecule has 0 spiro atoms. The summed E-state index contributed by atoms with van der Waals surface area (Å²) < 4.78 is 53.7. The molecule has 2 amide bonds. The molecule has 1 atom stereocenters. The predicted molar refractivity (Wildman–Crippen MR) is 175 cm³/mol. The van der Waals surface area contributed by atoms with E-state index in [1.807, 2.05) is 24.8 Å². The molecular formula is C31H36Cl2F3N7O5. The SMILES string of the molecule is CCc1c(N2CCN(C(=O)OC(C)(C)C)[C@H](C)C2)c(=O)n2nc(C3=CCOCC3)nc2n1CC(=O)Nc1cc(Cl)c(C(F)(F)F)cc1Cl. The van der Waals surface area contributed by atoms with E-state index in [0.29, 0.717) is 62.4 Å². The number of rotatable bonds is 6. The highest BCUT2D eigenvalue weighted by atomic mass is 35.5. The van der Waals surface area contributed by atoms with Crippen molar-refractivity contribution in [3.05, 3.63) is 55.7 Å². The van der Waals surface area contributed by atoms with Gasteiger partial charge in [-0.1, -0.05) is 36.2 Å². The first kappa shape index (κ1) is 35.5. The summed E-state index contributed by atoms with van der Waals surface area (Å²) in [6.45, 7) is 10.3. The standard InChI is InChI=1S/C31H36Cl2F3N7O5/c1-6-23-25(40-9-10-41(17(2)15-40)29(46)48-30(3,4)5)27(45)43-28(38-26(39-43)18-7-11-47-12-8-18)42(23)16-24(44)37-22-14-20(32)19(13-21(22)33)31(34,35)36/h7,13-14,17H,6,8-12,15-16H2,1-5H3,(H,37,44)/t17-/m1/s1. The van der Waals surface area contributed by atoms with Gasteiger partial charge in [0.1, 0.15) is 17.8 Å². The van der Waals surface area contributed by atoms with Crippen molar-refractivity contribution >= 4 is 57.9 Å². The first-order valence-electron chi connectivity index (χ1n) is 15.4. The van der Waals surface area contributed by atoms with Crippen molar-refractivity contribution in [1.29, 1.82) is 0 Å². The van der Waals surface area contributed by atoms with Crippen LogP contribution in [0.3, 0.4) is 0 Å². The number of carbonyl (C=O) groups is 2. The Bertz CT molecular complexity index is 1830. The maximum atomic E-state index is 14.2. The molecule has 1 aromatic carbocycles. The van der Waals surface area contributed by atoms with E-state index in [1.165, 1.54) is 0 Å². The normalized spacial score (nSPS) is 17.5. The van der Waals surface area contributed by atoms with Crippen LogP contribution in [0.5, 0.6) is 0 Å². The molecule has 1 N–H and O–H groups in total. The molecule has 260 valence electrons. The Kier molecular flexibility index (Phi) is 10.0. The summed E-state index contributed by atoms with van der Waals surface area (Å²) in [6, 6.07) is 1.27. The van der Waals surface area contributed by atoms with Gasteiger partial charge in [0, 0.05) is 25.7 Å². The van der Waals surface area contributed by atoms with Gasteiger partial charge >= 0.3 is 12.3 Å². The van der Waals surface area contributed by atoms with Gasteiger partial charge in [0.15, 0.2) is 5.82 Å². The first-order valence-corrected chi connectivity index (χ1v) is 16.1. The lowest BCUT2D eigenvalue weighted by Crippen LogP contribution is -2.56. The highest BCUT2D eigenvalue weighted by molar-refractivity contribution is 6.36. The van der Waals surface area contributed by atoms with Crippen molar-refractivity contribution in [2.45, 2.75) is 71.8 Å². The quantitative estimate of drug-likeness (QED) is 0.347. The zero-order valence-electron chi connectivity index (χ0n) is 27.1. The number of hydrogen-bond acceptors (Lipinski definition) is 8. The molecule has 2 aliphatic heterocycles. The third-order valence-corrected chi connectivity index (χ3v) is 8.55. The van der Waals surface area contributed by atoms with Gasteiger partial charge in [-0.15, -0.1) is 5.10 Å². The average molecular weight is 715 g/mol. The minimum Gasteiger partial charge on any atom is -0.444 e. The average Bonchev–Trinajstić information content (AvgIpc) is 3.45. The lowest BCUT2D eigenvalue weighted by Gasteiger charge is -2.41. The van der Waals surface area contributed by atoms with E-state index in [2.05, 4.69) is 15.4 Å². The first-order chi connectivity index (χ1) is 22.5. The maximum absolute atomic E-state index is 14.2. The summed E-state index contributed by atoms with van der Waals surface area (Å²) >= 11 is 12.0. The number of nitrogens with zero attached hydrogens (tertiary/aromatic N) is 6. The van der Waals surface area contributed by atoms with Crippen molar-refractivity contribution in [1.82, 2.24) is 24.1 Å². The van der Waals surface area contributed by atoms with E-state index >= 15 is 0 Å². The van der Waals surface area contributed by atoms with Crippen LogP contribution in [0.4, 0.5) is 29.3 Å². The largest absolute Gasteiger partial charge is 0.444 e. The fourth-order valence-electron chi connectivity index (χ4n) is 5.74. The molecular weight excluding hydrogens is 678 g/mol. The van der Waals surface area contributed by atoms with Gasteiger partial charge in [0.05, 0.1) is 40.2 Å². The number of carbonyl (C=O) groups excluding carboxylic acids is 2. The molecule has 0 aliphatic carbocycles. The van der Waals surface area contributed by atoms with Gasteiger partial charge in [-0.05, 0) is 58.2 Å². The summed E-state index contributed by atoms with van der Waals surface area (Å²) in [6.07, 6.45) is -2.53. The van der Waals surface area contributed by atoms with Crippen LogP contribution in [-0.4, -0.2) is 80.6 Å². The molecule has 12 nitrogen and oxygen atoms in total. The van der Waals surface area contributed by atoms with E-state index in [0.717, 1.165) is 16.2 Å². The number of halogens is 5. The predicted octanol–water partition coefficient (Wildman–Crippen LogP) is 5.67. The van der Waals surface area contributed by atoms with Gasteiger partial charge in [0.2, 0.25) is 11.7 Å². The van der Waals surface area contributed by atoms with Crippen LogP contribution in [0.2, 0.25) is 10.0 Å². The summed E-state index contributed by atoms with van der Waals surface area (Å²) in [5, 5.41) is 6.10. The number of anilines is 2. The number of nitrogens with one attached hydrogen (secondary N) is 1. The lowest BCUT2D eigenvalue weighted by molar-refractivity contribution is -0.137. The van der Waals surface area contributed by atoms with E-state index in [9.17, 15) is 27.6 Å². The minimum absolute atomic E-state index is 0.107. The molecule has 0 unspecified atom stereocenters. The minimum atomic E-state index is -4.74. The number of ether oxygens (including phenoxy) is 2. The van der Waals surface area contributed by atoms with Gasteiger partial charge in [-0.2, -0.15) is 22.7 Å². The van der Waals surface area contributed by atoms with Gasteiger partial charge in [0.25, 0.3) is 5.56 Å². The van der Waals surface area contributed by atoms with E-state index in [4.69, 9.17) is 32.7 Å². The molecule has 1 fully saturated rings. The molecule has 0 radical (unpaired) electrons. The Labute approximate surface area is 284 Å². The number of hydrogen-bond donors (Lipinski definition) is 1. The number of benzene rings is 1. The van der Waals surface area contributed by atoms with Crippen molar-refractivity contribution in [2.75, 3.05) is 43.1 Å². The number of alkyl halides is 3. The zero-order chi connectivity index (χ0) is 35.1. The van der Waals surface area contributed by atoms with Crippen LogP contribution < -0.4 is 15.8 Å². The van der Waals surface area contributed by atoms with Crippen molar-refractivity contribution in [3.63, 3.8) is 0 Å². The molecule has 48 heavy (non-hydrogen) atoms. The van der Waals surface area contributed by atoms with Crippen LogP contribution in [0, 0.1) is 0 Å². The maximum Gasteiger partial charge on any atom is 0.417 e. The number of amides is 2. The van der Waals surface area contributed by atoms with Gasteiger partial charge < -0.3 is 29.2 Å². The van der Waals surface area contributed by atoms with Gasteiger partial charge in [-0.25, -0.2) is 4.79 Å². The van der Waals surface area contributed by atoms with Crippen molar-refractivity contribution in [2.24, 2.45) is 0 Å². The molecule has 2 aliphatic rings. The van der Waals surface area contributed by atoms with E-state index in [1.54, 1.807) is 30.2 Å². The molecule has 2 aromatic heterocycles. The van der Waals surface area contributed by atoms with Crippen LogP contribution in [0.25, 0.3) is 11.4 Å². The topological polar surface area (TPSA) is 123 Å². The fraction of sp³-hybridized carbons (Fsp3) is 0.516. The number of piperazine rings is 1. The Morgan fingerprint density at radius 1 is 1.15 bits per heavy atom. The Balaban J connectivity index is 1.55. The highest BCUT2D eigenvalue weighted by Crippen LogP contribution is 2.39. The zero-order valence-corrected chi connectivity index (χ0v) is 28.6. The van der Waals surface area contributed by atoms with Crippen molar-refractivity contribution in [3.8, 4) is 0 Å². The molecule has 1 saturated heterocycles. The van der Waals surface area contributed by atoms with Crippen LogP contribution in [-0.2, 0) is 33.4 Å². The van der Waals surface area contributed by atoms with Crippen LogP contribution >= 0.6 is 23.2 Å². The fourth-order valence-corrected chi connectivity index (χ4v) is 6.22. The molecule has 4 heterocycles.